The third kappa shape index (κ3) is 3.13. The van der Waals surface area contributed by atoms with Crippen molar-refractivity contribution in [3.63, 3.8) is 0 Å². The van der Waals surface area contributed by atoms with E-state index in [1.807, 2.05) is 24.3 Å². The van der Waals surface area contributed by atoms with E-state index in [-0.39, 0.29) is 30.9 Å². The number of cyclic esters (lactones) is 1. The van der Waals surface area contributed by atoms with Gasteiger partial charge in [0.05, 0.1) is 18.2 Å². The number of H-pyrrole nitrogens is 1. The Balaban J connectivity index is 1.71. The van der Waals surface area contributed by atoms with Crippen LogP contribution in [0, 0.1) is 0 Å². The van der Waals surface area contributed by atoms with E-state index in [2.05, 4.69) is 31.4 Å². The number of ether oxygens (including phenoxy) is 1. The van der Waals surface area contributed by atoms with Crippen molar-refractivity contribution in [3.05, 3.63) is 40.5 Å². The highest BCUT2D eigenvalue weighted by molar-refractivity contribution is 9.10. The Morgan fingerprint density at radius 3 is 2.81 bits per heavy atom. The van der Waals surface area contributed by atoms with E-state index in [1.165, 1.54) is 0 Å². The van der Waals surface area contributed by atoms with E-state index >= 15 is 0 Å². The van der Waals surface area contributed by atoms with Gasteiger partial charge in [0.1, 0.15) is 12.3 Å². The molecule has 1 saturated heterocycles. The first-order valence-corrected chi connectivity index (χ1v) is 7.19. The van der Waals surface area contributed by atoms with Gasteiger partial charge in [-0.2, -0.15) is 5.10 Å². The highest BCUT2D eigenvalue weighted by Gasteiger charge is 2.26. The van der Waals surface area contributed by atoms with Gasteiger partial charge in [-0.3, -0.25) is 14.7 Å². The van der Waals surface area contributed by atoms with Crippen molar-refractivity contribution in [3.8, 4) is 11.3 Å². The molecule has 0 unspecified atom stereocenters. The third-order valence-electron chi connectivity index (χ3n) is 3.16. The summed E-state index contributed by atoms with van der Waals surface area (Å²) >= 11 is 3.37. The fourth-order valence-corrected chi connectivity index (χ4v) is 2.34. The number of nitrogens with zero attached hydrogens (tertiary/aromatic N) is 1. The number of aromatic nitrogens is 2. The number of hydrogen-bond donors (Lipinski definition) is 2. The molecule has 2 heterocycles. The first-order chi connectivity index (χ1) is 10.1. The van der Waals surface area contributed by atoms with Crippen LogP contribution < -0.4 is 5.32 Å². The molecule has 2 N–H and O–H groups in total. The van der Waals surface area contributed by atoms with E-state index in [0.717, 1.165) is 10.0 Å². The molecule has 1 fully saturated rings. The smallest absolute Gasteiger partial charge is 0.308 e. The molecule has 2 aromatic rings. The molecule has 0 saturated carbocycles. The molecule has 0 bridgehead atoms. The van der Waals surface area contributed by atoms with E-state index in [0.29, 0.717) is 11.4 Å². The van der Waals surface area contributed by atoms with Gasteiger partial charge in [0.2, 0.25) is 0 Å². The average molecular weight is 350 g/mol. The number of aromatic amines is 1. The van der Waals surface area contributed by atoms with E-state index in [9.17, 15) is 9.59 Å². The molecule has 1 aliphatic heterocycles. The number of amides is 1. The second-order valence-electron chi connectivity index (χ2n) is 4.73. The standard InChI is InChI=1S/C14H12BrN3O3/c15-9-3-1-8(2-4-9)11-6-12(18-17-11)14(20)16-10-5-13(19)21-7-10/h1-4,6,10H,5,7H2,(H,16,20)(H,17,18)/t10-/m0/s1. The van der Waals surface area contributed by atoms with Crippen molar-refractivity contribution >= 4 is 27.8 Å². The monoisotopic (exact) mass is 349 g/mol. The first-order valence-electron chi connectivity index (χ1n) is 6.39. The molecule has 0 aliphatic carbocycles. The molecule has 1 amide bonds. The van der Waals surface area contributed by atoms with E-state index < -0.39 is 0 Å². The lowest BCUT2D eigenvalue weighted by Crippen LogP contribution is -2.35. The van der Waals surface area contributed by atoms with Crippen molar-refractivity contribution in [2.75, 3.05) is 6.61 Å². The molecule has 1 aliphatic rings. The van der Waals surface area contributed by atoms with Gasteiger partial charge >= 0.3 is 5.97 Å². The highest BCUT2D eigenvalue weighted by atomic mass is 79.9. The summed E-state index contributed by atoms with van der Waals surface area (Å²) in [7, 11) is 0. The molecular weight excluding hydrogens is 338 g/mol. The maximum Gasteiger partial charge on any atom is 0.308 e. The second-order valence-corrected chi connectivity index (χ2v) is 5.65. The number of benzene rings is 1. The summed E-state index contributed by atoms with van der Waals surface area (Å²) in [5, 5.41) is 9.57. The van der Waals surface area contributed by atoms with Crippen LogP contribution in [-0.2, 0) is 9.53 Å². The lowest BCUT2D eigenvalue weighted by molar-refractivity contribution is -0.137. The number of nitrogens with one attached hydrogen (secondary N) is 2. The number of halogens is 1. The maximum absolute atomic E-state index is 12.0. The Morgan fingerprint density at radius 1 is 1.38 bits per heavy atom. The quantitative estimate of drug-likeness (QED) is 0.828. The topological polar surface area (TPSA) is 84.1 Å². The maximum atomic E-state index is 12.0. The number of rotatable bonds is 3. The zero-order valence-electron chi connectivity index (χ0n) is 10.9. The van der Waals surface area contributed by atoms with Crippen molar-refractivity contribution in [1.82, 2.24) is 15.5 Å². The van der Waals surface area contributed by atoms with Crippen molar-refractivity contribution < 1.29 is 14.3 Å². The fourth-order valence-electron chi connectivity index (χ4n) is 2.07. The SMILES string of the molecule is O=C1C[C@H](NC(=O)c2cc(-c3ccc(Br)cc3)n[nH]2)CO1. The van der Waals surface area contributed by atoms with Gasteiger partial charge in [-0.15, -0.1) is 0 Å². The van der Waals surface area contributed by atoms with E-state index in [1.54, 1.807) is 6.07 Å². The predicted molar refractivity (Wildman–Crippen MR) is 78.6 cm³/mol. The van der Waals surface area contributed by atoms with Crippen molar-refractivity contribution in [2.24, 2.45) is 0 Å². The van der Waals surface area contributed by atoms with Crippen LogP contribution in [0.15, 0.2) is 34.8 Å². The predicted octanol–water partition coefficient (Wildman–Crippen LogP) is 1.88. The van der Waals surface area contributed by atoms with Gasteiger partial charge in [-0.1, -0.05) is 28.1 Å². The Labute approximate surface area is 129 Å². The summed E-state index contributed by atoms with van der Waals surface area (Å²) in [4.78, 5) is 23.0. The molecule has 0 spiro atoms. The number of carbonyl (C=O) groups excluding carboxylic acids is 2. The Bertz CT molecular complexity index is 681. The van der Waals surface area contributed by atoms with Crippen LogP contribution in [0.25, 0.3) is 11.3 Å². The van der Waals surface area contributed by atoms with Crippen LogP contribution >= 0.6 is 15.9 Å². The Hall–Kier alpha value is -2.15. The van der Waals surface area contributed by atoms with Crippen LogP contribution in [0.4, 0.5) is 0 Å². The molecule has 1 atom stereocenters. The number of carbonyl (C=O) groups is 2. The molecule has 6 nitrogen and oxygen atoms in total. The van der Waals surface area contributed by atoms with Crippen LogP contribution in [0.1, 0.15) is 16.9 Å². The summed E-state index contributed by atoms with van der Waals surface area (Å²) in [6, 6.07) is 9.04. The summed E-state index contributed by atoms with van der Waals surface area (Å²) in [5.41, 5.74) is 1.95. The molecule has 0 radical (unpaired) electrons. The summed E-state index contributed by atoms with van der Waals surface area (Å²) in [5.74, 6) is -0.588. The minimum atomic E-state index is -0.297. The largest absolute Gasteiger partial charge is 0.463 e. The normalized spacial score (nSPS) is 17.6. The number of hydrogen-bond acceptors (Lipinski definition) is 4. The third-order valence-corrected chi connectivity index (χ3v) is 3.68. The molecular formula is C14H12BrN3O3. The van der Waals surface area contributed by atoms with Crippen molar-refractivity contribution in [1.29, 1.82) is 0 Å². The van der Waals surface area contributed by atoms with Crippen LogP contribution in [0.3, 0.4) is 0 Å². The van der Waals surface area contributed by atoms with Crippen LogP contribution in [0.2, 0.25) is 0 Å². The average Bonchev–Trinajstić information content (AvgIpc) is 3.09. The highest BCUT2D eigenvalue weighted by Crippen LogP contribution is 2.20. The van der Waals surface area contributed by atoms with Gasteiger partial charge in [0.25, 0.3) is 5.91 Å². The minimum Gasteiger partial charge on any atom is -0.463 e. The van der Waals surface area contributed by atoms with E-state index in [4.69, 9.17) is 4.74 Å². The molecule has 3 rings (SSSR count). The lowest BCUT2D eigenvalue weighted by Gasteiger charge is -2.07. The second kappa shape index (κ2) is 5.69. The lowest BCUT2D eigenvalue weighted by atomic mass is 10.1. The van der Waals surface area contributed by atoms with Crippen LogP contribution in [0.5, 0.6) is 0 Å². The van der Waals surface area contributed by atoms with Gasteiger partial charge in [-0.25, -0.2) is 0 Å². The van der Waals surface area contributed by atoms with Gasteiger partial charge in [0, 0.05) is 10.0 Å². The Morgan fingerprint density at radius 2 is 2.14 bits per heavy atom. The number of esters is 1. The van der Waals surface area contributed by atoms with Gasteiger partial charge < -0.3 is 10.1 Å². The van der Waals surface area contributed by atoms with Crippen LogP contribution in [-0.4, -0.2) is 34.7 Å². The van der Waals surface area contributed by atoms with Gasteiger partial charge in [0.15, 0.2) is 0 Å². The molecule has 1 aromatic carbocycles. The van der Waals surface area contributed by atoms with Crippen molar-refractivity contribution in [2.45, 2.75) is 12.5 Å². The first kappa shape index (κ1) is 13.8. The zero-order chi connectivity index (χ0) is 14.8. The molecule has 21 heavy (non-hydrogen) atoms. The summed E-state index contributed by atoms with van der Waals surface area (Å²) < 4.78 is 5.78. The fraction of sp³-hybridized carbons (Fsp3) is 0.214. The molecule has 7 heteroatoms. The Kier molecular flexibility index (Phi) is 3.74. The summed E-state index contributed by atoms with van der Waals surface area (Å²) in [6.45, 7) is 0.221. The van der Waals surface area contributed by atoms with Gasteiger partial charge in [-0.05, 0) is 18.2 Å². The molecule has 108 valence electrons. The molecule has 1 aromatic heterocycles. The zero-order valence-corrected chi connectivity index (χ0v) is 12.5. The minimum absolute atomic E-state index is 0.208. The summed E-state index contributed by atoms with van der Waals surface area (Å²) in [6.07, 6.45) is 0.208.